The Morgan fingerprint density at radius 3 is 2.40 bits per heavy atom. The van der Waals surface area contributed by atoms with Gasteiger partial charge in [0.1, 0.15) is 10.6 Å². The van der Waals surface area contributed by atoms with E-state index in [1.54, 1.807) is 18.4 Å². The second kappa shape index (κ2) is 7.66. The molecule has 0 saturated carbocycles. The van der Waals surface area contributed by atoms with E-state index in [1.807, 2.05) is 23.8 Å². The summed E-state index contributed by atoms with van der Waals surface area (Å²) in [6, 6.07) is 4.12. The molecule has 0 saturated heterocycles. The summed E-state index contributed by atoms with van der Waals surface area (Å²) in [5.74, 6) is 0. The van der Waals surface area contributed by atoms with Gasteiger partial charge in [-0.2, -0.15) is 0 Å². The quantitative estimate of drug-likeness (QED) is 0.608. The van der Waals surface area contributed by atoms with Crippen molar-refractivity contribution in [3.05, 3.63) is 46.2 Å². The van der Waals surface area contributed by atoms with E-state index in [2.05, 4.69) is 56.8 Å². The molecule has 4 nitrogen and oxygen atoms in total. The van der Waals surface area contributed by atoms with Crippen molar-refractivity contribution in [2.24, 2.45) is 0 Å². The first-order valence-corrected chi connectivity index (χ1v) is 12.5. The van der Waals surface area contributed by atoms with Crippen molar-refractivity contribution in [2.75, 3.05) is 7.11 Å². The van der Waals surface area contributed by atoms with Gasteiger partial charge in [-0.3, -0.25) is 4.98 Å². The molecule has 1 atom stereocenters. The van der Waals surface area contributed by atoms with Crippen LogP contribution in [-0.4, -0.2) is 25.4 Å². The monoisotopic (exact) mass is 378 g/mol. The van der Waals surface area contributed by atoms with Crippen LogP contribution >= 0.6 is 11.3 Å². The van der Waals surface area contributed by atoms with Gasteiger partial charge in [-0.05, 0) is 42.2 Å². The maximum absolute atomic E-state index is 6.33. The minimum Gasteiger partial charge on any atom is -0.411 e. The highest BCUT2D eigenvalue weighted by Crippen LogP contribution is 2.39. The van der Waals surface area contributed by atoms with Crippen LogP contribution in [0.5, 0.6) is 0 Å². The van der Waals surface area contributed by atoms with Crippen molar-refractivity contribution in [1.29, 1.82) is 0 Å². The van der Waals surface area contributed by atoms with Crippen LogP contribution in [0.1, 0.15) is 50.4 Å². The van der Waals surface area contributed by atoms with Gasteiger partial charge >= 0.3 is 0 Å². The molecule has 0 radical (unpaired) electrons. The minimum atomic E-state index is -1.80. The van der Waals surface area contributed by atoms with Crippen LogP contribution in [0.15, 0.2) is 29.9 Å². The van der Waals surface area contributed by atoms with Crippen LogP contribution in [0, 0.1) is 0 Å². The van der Waals surface area contributed by atoms with Gasteiger partial charge < -0.3 is 9.16 Å². The molecular formula is C19H30N2O2SSi. The zero-order valence-corrected chi connectivity index (χ0v) is 18.2. The zero-order valence-electron chi connectivity index (χ0n) is 16.4. The number of nitrogens with zero attached hydrogens (tertiary/aromatic N) is 2. The Kier molecular flexibility index (Phi) is 6.20. The predicted octanol–water partition coefficient (Wildman–Crippen LogP) is 5.36. The zero-order chi connectivity index (χ0) is 18.7. The molecule has 0 spiro atoms. The molecule has 0 aliphatic heterocycles. The molecule has 0 aromatic carbocycles. The minimum absolute atomic E-state index is 0.186. The van der Waals surface area contributed by atoms with E-state index in [1.165, 1.54) is 0 Å². The Morgan fingerprint density at radius 1 is 1.16 bits per heavy atom. The number of hydrogen-bond donors (Lipinski definition) is 0. The molecule has 0 bridgehead atoms. The Balaban J connectivity index is 2.29. The van der Waals surface area contributed by atoms with Crippen molar-refractivity contribution in [3.63, 3.8) is 0 Å². The maximum atomic E-state index is 6.33. The number of thiazole rings is 1. The van der Waals surface area contributed by atoms with E-state index in [0.29, 0.717) is 6.61 Å². The standard InChI is InChI=1S/C19H30N2O2SSi/c1-8-19(22-5,17-21-11-12-24-17)15-9-10-20-16(13-15)14-23-25(6,7)18(2,3)4/h9-13H,8,14H2,1-7H3. The molecule has 138 valence electrons. The van der Waals surface area contributed by atoms with E-state index < -0.39 is 13.9 Å². The first kappa shape index (κ1) is 20.2. The van der Waals surface area contributed by atoms with Gasteiger partial charge in [-0.1, -0.05) is 27.7 Å². The lowest BCUT2D eigenvalue weighted by Crippen LogP contribution is -2.40. The van der Waals surface area contributed by atoms with Crippen molar-refractivity contribution in [1.82, 2.24) is 9.97 Å². The fourth-order valence-electron chi connectivity index (χ4n) is 2.53. The van der Waals surface area contributed by atoms with Gasteiger partial charge in [-0.15, -0.1) is 11.3 Å². The summed E-state index contributed by atoms with van der Waals surface area (Å²) < 4.78 is 12.3. The van der Waals surface area contributed by atoms with Crippen molar-refractivity contribution < 1.29 is 9.16 Å². The number of aromatic nitrogens is 2. The molecule has 0 aliphatic carbocycles. The average Bonchev–Trinajstić information content (AvgIpc) is 3.09. The van der Waals surface area contributed by atoms with Gasteiger partial charge in [0.15, 0.2) is 8.32 Å². The summed E-state index contributed by atoms with van der Waals surface area (Å²) in [5, 5.41) is 3.15. The van der Waals surface area contributed by atoms with E-state index in [4.69, 9.17) is 9.16 Å². The molecule has 0 fully saturated rings. The highest BCUT2D eigenvalue weighted by atomic mass is 32.1. The molecule has 1 unspecified atom stereocenters. The summed E-state index contributed by atoms with van der Waals surface area (Å²) >= 11 is 1.62. The Hall–Kier alpha value is -1.08. The topological polar surface area (TPSA) is 44.2 Å². The van der Waals surface area contributed by atoms with Crippen molar-refractivity contribution >= 4 is 19.7 Å². The number of pyridine rings is 1. The molecule has 2 rings (SSSR count). The van der Waals surface area contributed by atoms with Crippen LogP contribution < -0.4 is 0 Å². The summed E-state index contributed by atoms with van der Waals surface area (Å²) in [6.07, 6.45) is 4.48. The Labute approximate surface area is 156 Å². The second-order valence-corrected chi connectivity index (χ2v) is 13.5. The van der Waals surface area contributed by atoms with Gasteiger partial charge in [-0.25, -0.2) is 4.98 Å². The largest absolute Gasteiger partial charge is 0.411 e. The van der Waals surface area contributed by atoms with Crippen LogP contribution in [0.2, 0.25) is 18.1 Å². The third kappa shape index (κ3) is 4.19. The number of rotatable bonds is 7. The Morgan fingerprint density at radius 2 is 1.88 bits per heavy atom. The third-order valence-corrected chi connectivity index (χ3v) is 10.7. The third-order valence-electron chi connectivity index (χ3n) is 5.29. The van der Waals surface area contributed by atoms with Gasteiger partial charge in [0.05, 0.1) is 12.3 Å². The van der Waals surface area contributed by atoms with Crippen molar-refractivity contribution in [2.45, 2.75) is 64.5 Å². The fourth-order valence-corrected chi connectivity index (χ4v) is 4.38. The van der Waals surface area contributed by atoms with Gasteiger partial charge in [0.25, 0.3) is 0 Å². The molecular weight excluding hydrogens is 348 g/mol. The SMILES string of the molecule is CCC(OC)(c1ccnc(CO[Si](C)(C)C(C)(C)C)c1)c1nccs1. The lowest BCUT2D eigenvalue weighted by molar-refractivity contribution is 0.0182. The second-order valence-electron chi connectivity index (χ2n) is 7.81. The smallest absolute Gasteiger partial charge is 0.192 e. The molecule has 25 heavy (non-hydrogen) atoms. The van der Waals surface area contributed by atoms with Crippen LogP contribution in [-0.2, 0) is 21.4 Å². The molecule has 0 aliphatic rings. The van der Waals surface area contributed by atoms with Gasteiger partial charge in [0, 0.05) is 24.9 Å². The van der Waals surface area contributed by atoms with Crippen LogP contribution in [0.3, 0.4) is 0 Å². The molecule has 2 heterocycles. The summed E-state index contributed by atoms with van der Waals surface area (Å²) in [5.41, 5.74) is 1.49. The number of hydrogen-bond acceptors (Lipinski definition) is 5. The fraction of sp³-hybridized carbons (Fsp3) is 0.579. The van der Waals surface area contributed by atoms with Crippen molar-refractivity contribution in [3.8, 4) is 0 Å². The van der Waals surface area contributed by atoms with Crippen LogP contribution in [0.25, 0.3) is 0 Å². The first-order chi connectivity index (χ1) is 11.7. The summed E-state index contributed by atoms with van der Waals surface area (Å²) in [4.78, 5) is 9.02. The van der Waals surface area contributed by atoms with E-state index >= 15 is 0 Å². The molecule has 6 heteroatoms. The molecule has 2 aromatic heterocycles. The highest BCUT2D eigenvalue weighted by molar-refractivity contribution is 7.09. The molecule has 2 aromatic rings. The molecule has 0 N–H and O–H groups in total. The first-order valence-electron chi connectivity index (χ1n) is 8.71. The lowest BCUT2D eigenvalue weighted by atomic mass is 9.91. The summed E-state index contributed by atoms with van der Waals surface area (Å²) in [6.45, 7) is 13.9. The number of ether oxygens (including phenoxy) is 1. The molecule has 0 amide bonds. The maximum Gasteiger partial charge on any atom is 0.192 e. The number of methoxy groups -OCH3 is 1. The normalized spacial score (nSPS) is 15.2. The average molecular weight is 379 g/mol. The van der Waals surface area contributed by atoms with E-state index in [-0.39, 0.29) is 5.04 Å². The predicted molar refractivity (Wildman–Crippen MR) is 106 cm³/mol. The van der Waals surface area contributed by atoms with Crippen LogP contribution in [0.4, 0.5) is 0 Å². The summed E-state index contributed by atoms with van der Waals surface area (Å²) in [7, 11) is -0.0551. The lowest BCUT2D eigenvalue weighted by Gasteiger charge is -2.36. The van der Waals surface area contributed by atoms with Gasteiger partial charge in [0.2, 0.25) is 0 Å². The Bertz CT molecular complexity index is 677. The van der Waals surface area contributed by atoms with E-state index in [9.17, 15) is 0 Å². The highest BCUT2D eigenvalue weighted by Gasteiger charge is 2.38. The van der Waals surface area contributed by atoms with E-state index in [0.717, 1.165) is 22.7 Å².